The lowest BCUT2D eigenvalue weighted by atomic mass is 9.92. The summed E-state index contributed by atoms with van der Waals surface area (Å²) >= 11 is 0. The van der Waals surface area contributed by atoms with Crippen molar-refractivity contribution in [3.63, 3.8) is 0 Å². The second-order valence-electron chi connectivity index (χ2n) is 9.72. The molecule has 6 rings (SSSR count). The van der Waals surface area contributed by atoms with E-state index in [-0.39, 0.29) is 23.8 Å². The zero-order valence-electron chi connectivity index (χ0n) is 20.6. The van der Waals surface area contributed by atoms with Crippen molar-refractivity contribution in [3.8, 4) is 12.1 Å². The molecule has 1 unspecified atom stereocenters. The number of aromatic nitrogens is 6. The summed E-state index contributed by atoms with van der Waals surface area (Å²) in [6, 6.07) is 6.40. The number of carbonyl (C=O) groups excluding carboxylic acids is 1. The van der Waals surface area contributed by atoms with Crippen LogP contribution in [0.5, 0.6) is 6.01 Å². The second-order valence-corrected chi connectivity index (χ2v) is 9.72. The van der Waals surface area contributed by atoms with Crippen LogP contribution in [0.1, 0.15) is 67.7 Å². The SMILES string of the molecule is COc1nc(C(=O)NC(C)C2CC2)nc(N2CCC(c3[nH]nc4ncccc34)CC2)n1.N#CC1CC1. The number of piperidine rings is 1. The molecule has 11 heteroatoms. The van der Waals surface area contributed by atoms with Crippen LogP contribution in [0.15, 0.2) is 18.3 Å². The van der Waals surface area contributed by atoms with E-state index in [1.165, 1.54) is 7.11 Å². The summed E-state index contributed by atoms with van der Waals surface area (Å²) in [5.41, 5.74) is 1.88. The van der Waals surface area contributed by atoms with E-state index in [2.05, 4.69) is 52.5 Å². The molecule has 3 aliphatic rings. The third-order valence-electron chi connectivity index (χ3n) is 6.98. The zero-order chi connectivity index (χ0) is 25.1. The average molecular weight is 490 g/mol. The minimum atomic E-state index is -0.285. The fourth-order valence-corrected chi connectivity index (χ4v) is 4.43. The van der Waals surface area contributed by atoms with Gasteiger partial charge < -0.3 is 15.0 Å². The van der Waals surface area contributed by atoms with Gasteiger partial charge in [0.1, 0.15) is 0 Å². The molecule has 11 nitrogen and oxygen atoms in total. The number of fused-ring (bicyclic) bond motifs is 1. The molecule has 1 amide bonds. The molecular weight excluding hydrogens is 458 g/mol. The number of ether oxygens (including phenoxy) is 1. The fourth-order valence-electron chi connectivity index (χ4n) is 4.43. The first-order valence-corrected chi connectivity index (χ1v) is 12.6. The smallest absolute Gasteiger partial charge is 0.321 e. The number of H-pyrrole nitrogens is 1. The molecule has 1 saturated heterocycles. The molecule has 3 aromatic rings. The van der Waals surface area contributed by atoms with E-state index >= 15 is 0 Å². The molecule has 36 heavy (non-hydrogen) atoms. The number of anilines is 1. The number of pyridine rings is 1. The van der Waals surface area contributed by atoms with E-state index in [9.17, 15) is 4.79 Å². The minimum absolute atomic E-state index is 0.0992. The molecule has 2 aliphatic carbocycles. The van der Waals surface area contributed by atoms with Crippen LogP contribution in [0.3, 0.4) is 0 Å². The Morgan fingerprint density at radius 2 is 1.97 bits per heavy atom. The van der Waals surface area contributed by atoms with Gasteiger partial charge in [-0.1, -0.05) is 0 Å². The number of rotatable bonds is 6. The highest BCUT2D eigenvalue weighted by molar-refractivity contribution is 5.91. The van der Waals surface area contributed by atoms with E-state index < -0.39 is 0 Å². The maximum Gasteiger partial charge on any atom is 0.321 e. The number of nitrogens with one attached hydrogen (secondary N) is 2. The van der Waals surface area contributed by atoms with Crippen LogP contribution in [0.2, 0.25) is 0 Å². The lowest BCUT2D eigenvalue weighted by Crippen LogP contribution is -2.37. The predicted octanol–water partition coefficient (Wildman–Crippen LogP) is 2.98. The number of aromatic amines is 1. The largest absolute Gasteiger partial charge is 0.467 e. The van der Waals surface area contributed by atoms with Crippen LogP contribution in [-0.4, -0.2) is 62.3 Å². The van der Waals surface area contributed by atoms with Gasteiger partial charge in [0.15, 0.2) is 5.65 Å². The van der Waals surface area contributed by atoms with Gasteiger partial charge in [-0.3, -0.25) is 9.89 Å². The topological polar surface area (TPSA) is 146 Å². The van der Waals surface area contributed by atoms with Gasteiger partial charge in [-0.05, 0) is 63.5 Å². The number of methoxy groups -OCH3 is 1. The van der Waals surface area contributed by atoms with Crippen molar-refractivity contribution in [3.05, 3.63) is 29.8 Å². The van der Waals surface area contributed by atoms with Gasteiger partial charge >= 0.3 is 6.01 Å². The Hall–Kier alpha value is -3.81. The molecule has 188 valence electrons. The lowest BCUT2D eigenvalue weighted by molar-refractivity contribution is 0.0923. The summed E-state index contributed by atoms with van der Waals surface area (Å²) in [5, 5.41) is 19.5. The number of hydrogen-bond donors (Lipinski definition) is 2. The van der Waals surface area contributed by atoms with Crippen molar-refractivity contribution < 1.29 is 9.53 Å². The van der Waals surface area contributed by atoms with Gasteiger partial charge in [0.2, 0.25) is 11.8 Å². The van der Waals surface area contributed by atoms with E-state index in [1.54, 1.807) is 6.20 Å². The van der Waals surface area contributed by atoms with Gasteiger partial charge in [0, 0.05) is 48.2 Å². The number of nitriles is 1. The first kappa shape index (κ1) is 23.9. The quantitative estimate of drug-likeness (QED) is 0.533. The molecule has 1 atom stereocenters. The standard InChI is InChI=1S/C21H26N8O2.C4H5N/c1-12(13-5-6-13)23-19(30)18-24-20(26-21(25-18)31-2)29-10-7-14(8-11-29)16-15-4-3-9-22-17(15)28-27-16;5-3-4-1-2-4/h3-4,9,12-14H,5-8,10-11H2,1-2H3,(H,23,30)(H,22,27,28);4H,1-2H2. The van der Waals surface area contributed by atoms with Crippen LogP contribution >= 0.6 is 0 Å². The normalized spacial score (nSPS) is 18.6. The first-order valence-electron chi connectivity index (χ1n) is 12.6. The number of carbonyl (C=O) groups is 1. The third kappa shape index (κ3) is 5.53. The number of amides is 1. The molecular formula is C25H31N9O2. The van der Waals surface area contributed by atoms with E-state index in [0.717, 1.165) is 68.3 Å². The van der Waals surface area contributed by atoms with Crippen LogP contribution in [0.4, 0.5) is 5.95 Å². The van der Waals surface area contributed by atoms with Crippen molar-refractivity contribution in [2.45, 2.75) is 57.4 Å². The van der Waals surface area contributed by atoms with Gasteiger partial charge in [-0.2, -0.15) is 25.3 Å². The van der Waals surface area contributed by atoms with Gasteiger partial charge in [-0.15, -0.1) is 0 Å². The summed E-state index contributed by atoms with van der Waals surface area (Å²) in [7, 11) is 1.50. The van der Waals surface area contributed by atoms with E-state index in [0.29, 0.717) is 23.7 Å². The lowest BCUT2D eigenvalue weighted by Gasteiger charge is -2.31. The molecule has 3 aromatic heterocycles. The van der Waals surface area contributed by atoms with Crippen LogP contribution in [0, 0.1) is 23.2 Å². The Bertz CT molecular complexity index is 1250. The summed E-state index contributed by atoms with van der Waals surface area (Å²) in [6.45, 7) is 3.55. The van der Waals surface area contributed by atoms with Crippen LogP contribution < -0.4 is 15.0 Å². The Morgan fingerprint density at radius 3 is 2.61 bits per heavy atom. The summed E-state index contributed by atoms with van der Waals surface area (Å²) in [4.78, 5) is 32.1. The van der Waals surface area contributed by atoms with Gasteiger partial charge in [0.05, 0.1) is 13.2 Å². The third-order valence-corrected chi connectivity index (χ3v) is 6.98. The highest BCUT2D eigenvalue weighted by Crippen LogP contribution is 2.33. The Labute approximate surface area is 209 Å². The monoisotopic (exact) mass is 489 g/mol. The average Bonchev–Trinajstić information content (AvgIpc) is 3.85. The summed E-state index contributed by atoms with van der Waals surface area (Å²) < 4.78 is 5.24. The number of hydrogen-bond acceptors (Lipinski definition) is 9. The van der Waals surface area contributed by atoms with E-state index in [1.807, 2.05) is 13.0 Å². The maximum atomic E-state index is 12.7. The molecule has 4 heterocycles. The summed E-state index contributed by atoms with van der Waals surface area (Å²) in [6.07, 6.45) is 8.20. The fraction of sp³-hybridized carbons (Fsp3) is 0.560. The summed E-state index contributed by atoms with van der Waals surface area (Å²) in [5.74, 6) is 1.65. The van der Waals surface area contributed by atoms with Crippen molar-refractivity contribution in [1.82, 2.24) is 35.5 Å². The maximum absolute atomic E-state index is 12.7. The van der Waals surface area contributed by atoms with Crippen molar-refractivity contribution in [1.29, 1.82) is 5.26 Å². The molecule has 0 spiro atoms. The minimum Gasteiger partial charge on any atom is -0.467 e. The Morgan fingerprint density at radius 1 is 1.19 bits per heavy atom. The number of nitrogens with zero attached hydrogens (tertiary/aromatic N) is 7. The van der Waals surface area contributed by atoms with Crippen LogP contribution in [0.25, 0.3) is 11.0 Å². The van der Waals surface area contributed by atoms with E-state index in [4.69, 9.17) is 10.00 Å². The van der Waals surface area contributed by atoms with Gasteiger partial charge in [0.25, 0.3) is 5.91 Å². The zero-order valence-corrected chi connectivity index (χ0v) is 20.6. The van der Waals surface area contributed by atoms with Gasteiger partial charge in [-0.25, -0.2) is 4.98 Å². The molecule has 2 N–H and O–H groups in total. The van der Waals surface area contributed by atoms with Crippen molar-refractivity contribution in [2.24, 2.45) is 11.8 Å². The molecule has 0 bridgehead atoms. The molecule has 1 aliphatic heterocycles. The Kier molecular flexibility index (Phi) is 6.93. The highest BCUT2D eigenvalue weighted by Gasteiger charge is 2.31. The molecule has 0 aromatic carbocycles. The Balaban J connectivity index is 0.000000477. The molecule has 2 saturated carbocycles. The molecule has 0 radical (unpaired) electrons. The first-order chi connectivity index (χ1) is 17.6. The van der Waals surface area contributed by atoms with Crippen LogP contribution in [-0.2, 0) is 0 Å². The van der Waals surface area contributed by atoms with Crippen molar-refractivity contribution in [2.75, 3.05) is 25.1 Å². The van der Waals surface area contributed by atoms with Crippen molar-refractivity contribution >= 4 is 22.9 Å². The predicted molar refractivity (Wildman–Crippen MR) is 132 cm³/mol. The second kappa shape index (κ2) is 10.4. The highest BCUT2D eigenvalue weighted by atomic mass is 16.5. The molecule has 3 fully saturated rings.